The predicted molar refractivity (Wildman–Crippen MR) is 75.6 cm³/mol. The van der Waals surface area contributed by atoms with Crippen molar-refractivity contribution in [3.05, 3.63) is 0 Å². The zero-order valence-electron chi connectivity index (χ0n) is 12.4. The van der Waals surface area contributed by atoms with Crippen LogP contribution in [0.15, 0.2) is 0 Å². The quantitative estimate of drug-likeness (QED) is 0.838. The Kier molecular flexibility index (Phi) is 5.21. The van der Waals surface area contributed by atoms with Crippen LogP contribution >= 0.6 is 0 Å². The molecule has 108 valence electrons. The number of nitrogens with zero attached hydrogens (tertiary/aromatic N) is 1. The smallest absolute Gasteiger partial charge is 0.199 e. The van der Waals surface area contributed by atoms with Gasteiger partial charge in [0.2, 0.25) is 0 Å². The maximum atomic E-state index is 11.7. The molecule has 1 aliphatic rings. The van der Waals surface area contributed by atoms with Crippen molar-refractivity contribution < 1.29 is 8.42 Å². The first-order valence-corrected chi connectivity index (χ1v) is 8.33. The lowest BCUT2D eigenvalue weighted by molar-refractivity contribution is 0.141. The van der Waals surface area contributed by atoms with E-state index in [0.29, 0.717) is 5.41 Å². The van der Waals surface area contributed by atoms with Gasteiger partial charge in [-0.05, 0) is 37.0 Å². The highest BCUT2D eigenvalue weighted by Crippen LogP contribution is 2.40. The van der Waals surface area contributed by atoms with Crippen molar-refractivity contribution in [3.8, 4) is 0 Å². The van der Waals surface area contributed by atoms with E-state index in [-0.39, 0.29) is 6.04 Å². The molecule has 0 atom stereocenters. The summed E-state index contributed by atoms with van der Waals surface area (Å²) in [6, 6.07) is 0.112. The van der Waals surface area contributed by atoms with Crippen molar-refractivity contribution in [2.75, 3.05) is 14.1 Å². The lowest BCUT2D eigenvalue weighted by atomic mass is 9.69. The van der Waals surface area contributed by atoms with Crippen molar-refractivity contribution in [3.63, 3.8) is 0 Å². The zero-order valence-corrected chi connectivity index (χ0v) is 13.2. The summed E-state index contributed by atoms with van der Waals surface area (Å²) in [5, 5.41) is 0. The summed E-state index contributed by atoms with van der Waals surface area (Å²) < 4.78 is 27.5. The second-order valence-electron chi connectivity index (χ2n) is 6.30. The minimum absolute atomic E-state index is 0.112. The Morgan fingerprint density at radius 1 is 1.17 bits per heavy atom. The molecule has 0 aromatic rings. The van der Waals surface area contributed by atoms with Crippen LogP contribution in [-0.2, 0) is 10.2 Å². The molecule has 0 spiro atoms. The van der Waals surface area contributed by atoms with Gasteiger partial charge in [-0.1, -0.05) is 27.2 Å². The van der Waals surface area contributed by atoms with Crippen molar-refractivity contribution in [2.24, 2.45) is 11.3 Å². The molecule has 0 unspecified atom stereocenters. The van der Waals surface area contributed by atoms with E-state index in [1.165, 1.54) is 10.7 Å². The average Bonchev–Trinajstić information content (AvgIpc) is 2.29. The summed E-state index contributed by atoms with van der Waals surface area (Å²) >= 11 is 0. The topological polar surface area (TPSA) is 49.4 Å². The maximum Gasteiger partial charge on any atom is 0.279 e. The highest BCUT2D eigenvalue weighted by Gasteiger charge is 2.33. The molecule has 4 nitrogen and oxygen atoms in total. The first-order valence-electron chi connectivity index (χ1n) is 6.89. The first kappa shape index (κ1) is 15.9. The van der Waals surface area contributed by atoms with Gasteiger partial charge in [0.25, 0.3) is 10.2 Å². The molecule has 1 N–H and O–H groups in total. The third-order valence-corrected chi connectivity index (χ3v) is 6.13. The molecule has 1 saturated carbocycles. The molecule has 1 aliphatic carbocycles. The summed E-state index contributed by atoms with van der Waals surface area (Å²) in [6.45, 7) is 6.88. The Hall–Kier alpha value is -0.130. The Morgan fingerprint density at radius 2 is 1.67 bits per heavy atom. The average molecular weight is 276 g/mol. The fourth-order valence-corrected chi connectivity index (χ4v) is 3.47. The zero-order chi connectivity index (χ0) is 14.0. The van der Waals surface area contributed by atoms with Crippen molar-refractivity contribution in [1.82, 2.24) is 9.03 Å². The minimum atomic E-state index is -3.27. The largest absolute Gasteiger partial charge is 0.279 e. The van der Waals surface area contributed by atoms with Crippen molar-refractivity contribution in [1.29, 1.82) is 0 Å². The molecule has 0 aromatic heterocycles. The van der Waals surface area contributed by atoms with Crippen LogP contribution in [0, 0.1) is 11.3 Å². The van der Waals surface area contributed by atoms with Gasteiger partial charge in [0.15, 0.2) is 0 Å². The monoisotopic (exact) mass is 276 g/mol. The van der Waals surface area contributed by atoms with Gasteiger partial charge >= 0.3 is 0 Å². The van der Waals surface area contributed by atoms with Gasteiger partial charge < -0.3 is 0 Å². The molecule has 0 heterocycles. The van der Waals surface area contributed by atoms with E-state index in [1.54, 1.807) is 14.1 Å². The van der Waals surface area contributed by atoms with E-state index in [1.807, 2.05) is 0 Å². The van der Waals surface area contributed by atoms with Crippen LogP contribution < -0.4 is 4.72 Å². The number of hydrogen-bond acceptors (Lipinski definition) is 2. The minimum Gasteiger partial charge on any atom is -0.199 e. The van der Waals surface area contributed by atoms with Crippen molar-refractivity contribution in [2.45, 2.75) is 58.9 Å². The molecule has 18 heavy (non-hydrogen) atoms. The first-order chi connectivity index (χ1) is 8.19. The van der Waals surface area contributed by atoms with Crippen molar-refractivity contribution >= 4 is 10.2 Å². The van der Waals surface area contributed by atoms with Gasteiger partial charge in [-0.15, -0.1) is 0 Å². The van der Waals surface area contributed by atoms with E-state index >= 15 is 0 Å². The third-order valence-electron chi connectivity index (χ3n) is 4.54. The van der Waals surface area contributed by atoms with Gasteiger partial charge in [0.05, 0.1) is 0 Å². The molecular formula is C13H28N2O2S. The second-order valence-corrected chi connectivity index (χ2v) is 8.21. The maximum absolute atomic E-state index is 11.7. The standard InChI is InChI=1S/C13H28N2O2S/c1-6-13(2,3)11-7-9-12(10-8-11)14-18(16,17)15(4)5/h11-12,14H,6-10H2,1-5H3. The highest BCUT2D eigenvalue weighted by atomic mass is 32.2. The number of rotatable bonds is 5. The van der Waals surface area contributed by atoms with E-state index in [2.05, 4.69) is 25.5 Å². The normalized spacial score (nSPS) is 26.6. The van der Waals surface area contributed by atoms with Gasteiger partial charge in [0.1, 0.15) is 0 Å². The molecule has 1 fully saturated rings. The summed E-state index contributed by atoms with van der Waals surface area (Å²) in [6.07, 6.45) is 5.36. The van der Waals surface area contributed by atoms with Gasteiger partial charge in [-0.25, -0.2) is 0 Å². The van der Waals surface area contributed by atoms with Crippen LogP contribution in [-0.4, -0.2) is 32.9 Å². The fraction of sp³-hybridized carbons (Fsp3) is 1.00. The number of hydrogen-bond donors (Lipinski definition) is 1. The molecule has 0 bridgehead atoms. The summed E-state index contributed by atoms with van der Waals surface area (Å²) in [5.74, 6) is 0.725. The Labute approximate surface area is 112 Å². The van der Waals surface area contributed by atoms with Gasteiger partial charge in [-0.3, -0.25) is 0 Å². The molecule has 0 aromatic carbocycles. The van der Waals surface area contributed by atoms with Gasteiger partial charge in [-0.2, -0.15) is 17.4 Å². The predicted octanol–water partition coefficient (Wildman–Crippen LogP) is 2.38. The van der Waals surface area contributed by atoms with Crippen LogP contribution in [0.3, 0.4) is 0 Å². The molecular weight excluding hydrogens is 248 g/mol. The summed E-state index contributed by atoms with van der Waals surface area (Å²) in [7, 11) is -0.146. The SMILES string of the molecule is CCC(C)(C)C1CCC(NS(=O)(=O)N(C)C)CC1. The van der Waals surface area contributed by atoms with Crippen LogP contribution in [0.2, 0.25) is 0 Å². The van der Waals surface area contributed by atoms with E-state index < -0.39 is 10.2 Å². The summed E-state index contributed by atoms with van der Waals surface area (Å²) in [5.41, 5.74) is 0.380. The Balaban J connectivity index is 2.51. The van der Waals surface area contributed by atoms with E-state index in [9.17, 15) is 8.42 Å². The van der Waals surface area contributed by atoms with Crippen LogP contribution in [0.1, 0.15) is 52.9 Å². The lowest BCUT2D eigenvalue weighted by Crippen LogP contribution is -2.44. The molecule has 0 radical (unpaired) electrons. The molecule has 5 heteroatoms. The van der Waals surface area contributed by atoms with Crippen LogP contribution in [0.5, 0.6) is 0 Å². The molecule has 0 aliphatic heterocycles. The Morgan fingerprint density at radius 3 is 2.06 bits per heavy atom. The van der Waals surface area contributed by atoms with Crippen LogP contribution in [0.25, 0.3) is 0 Å². The highest BCUT2D eigenvalue weighted by molar-refractivity contribution is 7.87. The lowest BCUT2D eigenvalue weighted by Gasteiger charge is -2.39. The van der Waals surface area contributed by atoms with E-state index in [4.69, 9.17) is 0 Å². The fourth-order valence-electron chi connectivity index (χ4n) is 2.60. The number of nitrogens with one attached hydrogen (secondary N) is 1. The second kappa shape index (κ2) is 5.88. The Bertz CT molecular complexity index is 355. The molecule has 0 amide bonds. The van der Waals surface area contributed by atoms with Crippen LogP contribution in [0.4, 0.5) is 0 Å². The van der Waals surface area contributed by atoms with Gasteiger partial charge in [0, 0.05) is 20.1 Å². The molecule has 1 rings (SSSR count). The molecule has 0 saturated heterocycles. The third kappa shape index (κ3) is 3.93. The summed E-state index contributed by atoms with van der Waals surface area (Å²) in [4.78, 5) is 0. The van der Waals surface area contributed by atoms with E-state index in [0.717, 1.165) is 31.6 Å².